The minimum absolute atomic E-state index is 0.338. The van der Waals surface area contributed by atoms with Crippen molar-refractivity contribution in [1.29, 1.82) is 0 Å². The molecule has 21 heavy (non-hydrogen) atoms. The van der Waals surface area contributed by atoms with Crippen LogP contribution < -0.4 is 0 Å². The number of hydrogen-bond acceptors (Lipinski definition) is 2. The van der Waals surface area contributed by atoms with E-state index in [1.807, 2.05) is 6.07 Å². The van der Waals surface area contributed by atoms with Crippen LogP contribution in [0.4, 0.5) is 0 Å². The second-order valence-corrected chi connectivity index (χ2v) is 7.32. The van der Waals surface area contributed by atoms with E-state index >= 15 is 0 Å². The molecule has 2 bridgehead atoms. The first kappa shape index (κ1) is 15.0. The fourth-order valence-electron chi connectivity index (χ4n) is 4.35. The summed E-state index contributed by atoms with van der Waals surface area (Å²) in [6.45, 7) is 2.28. The van der Waals surface area contributed by atoms with E-state index in [2.05, 4.69) is 46.0 Å². The predicted octanol–water partition coefficient (Wildman–Crippen LogP) is 4.23. The van der Waals surface area contributed by atoms with Gasteiger partial charge in [-0.15, -0.1) is 0 Å². The summed E-state index contributed by atoms with van der Waals surface area (Å²) in [7, 11) is 0. The van der Waals surface area contributed by atoms with Crippen molar-refractivity contribution in [2.45, 2.75) is 57.2 Å². The number of rotatable bonds is 4. The highest BCUT2D eigenvalue weighted by Crippen LogP contribution is 2.45. The summed E-state index contributed by atoms with van der Waals surface area (Å²) in [5.41, 5.74) is 1.34. The van der Waals surface area contributed by atoms with Crippen LogP contribution in [0.2, 0.25) is 0 Å². The Labute approximate surface area is 134 Å². The van der Waals surface area contributed by atoms with Crippen LogP contribution in [-0.2, 0) is 4.79 Å². The molecule has 2 aliphatic rings. The van der Waals surface area contributed by atoms with Crippen LogP contribution in [0.3, 0.4) is 0 Å². The number of carbonyl (C=O) groups is 1. The maximum Gasteiger partial charge on any atom is 0.303 e. The Morgan fingerprint density at radius 1 is 1.33 bits per heavy atom. The van der Waals surface area contributed by atoms with Crippen LogP contribution in [0.5, 0.6) is 0 Å². The first-order valence-electron chi connectivity index (χ1n) is 7.80. The number of piperidine rings is 1. The largest absolute Gasteiger partial charge is 0.481 e. The molecule has 2 fully saturated rings. The highest BCUT2D eigenvalue weighted by atomic mass is 79.9. The lowest BCUT2D eigenvalue weighted by molar-refractivity contribution is -0.138. The van der Waals surface area contributed by atoms with Crippen LogP contribution >= 0.6 is 15.9 Å². The average molecular weight is 352 g/mol. The molecule has 0 amide bonds. The molecule has 0 saturated carbocycles. The van der Waals surface area contributed by atoms with Crippen LogP contribution in [0.15, 0.2) is 28.7 Å². The highest BCUT2D eigenvalue weighted by molar-refractivity contribution is 9.10. The lowest BCUT2D eigenvalue weighted by atomic mass is 9.86. The number of aliphatic carboxylic acids is 1. The molecule has 0 radical (unpaired) electrons. The molecular formula is C17H22BrNO2. The second kappa shape index (κ2) is 6.09. The van der Waals surface area contributed by atoms with Crippen molar-refractivity contribution >= 4 is 21.9 Å². The molecule has 3 atom stereocenters. The van der Waals surface area contributed by atoms with Gasteiger partial charge in [-0.3, -0.25) is 9.69 Å². The predicted molar refractivity (Wildman–Crippen MR) is 86.2 cm³/mol. The van der Waals surface area contributed by atoms with Crippen LogP contribution in [0.25, 0.3) is 0 Å². The summed E-state index contributed by atoms with van der Waals surface area (Å²) >= 11 is 3.66. The smallest absolute Gasteiger partial charge is 0.303 e. The molecule has 114 valence electrons. The number of carboxylic acid groups (broad SMARTS) is 1. The molecule has 0 spiro atoms. The summed E-state index contributed by atoms with van der Waals surface area (Å²) in [4.78, 5) is 13.6. The van der Waals surface area contributed by atoms with Crippen molar-refractivity contribution in [3.05, 3.63) is 34.3 Å². The van der Waals surface area contributed by atoms with Crippen molar-refractivity contribution in [3.8, 4) is 0 Å². The summed E-state index contributed by atoms with van der Waals surface area (Å²) in [6.07, 6.45) is 4.85. The van der Waals surface area contributed by atoms with E-state index in [4.69, 9.17) is 5.11 Å². The minimum Gasteiger partial charge on any atom is -0.481 e. The summed E-state index contributed by atoms with van der Waals surface area (Å²) in [6, 6.07) is 9.93. The Morgan fingerprint density at radius 3 is 2.52 bits per heavy atom. The fourth-order valence-corrected chi connectivity index (χ4v) is 4.96. The summed E-state index contributed by atoms with van der Waals surface area (Å²) in [5, 5.41) is 9.03. The normalized spacial score (nSPS) is 30.3. The molecule has 2 heterocycles. The number of carboxylic acids is 1. The van der Waals surface area contributed by atoms with Gasteiger partial charge in [-0.1, -0.05) is 34.1 Å². The van der Waals surface area contributed by atoms with Gasteiger partial charge in [0.1, 0.15) is 0 Å². The van der Waals surface area contributed by atoms with E-state index in [9.17, 15) is 4.79 Å². The van der Waals surface area contributed by atoms with E-state index in [0.717, 1.165) is 12.8 Å². The molecule has 0 aromatic heterocycles. The third kappa shape index (κ3) is 3.02. The van der Waals surface area contributed by atoms with Gasteiger partial charge >= 0.3 is 5.97 Å². The van der Waals surface area contributed by atoms with Gasteiger partial charge in [0, 0.05) is 29.0 Å². The van der Waals surface area contributed by atoms with Gasteiger partial charge in [0.2, 0.25) is 0 Å². The van der Waals surface area contributed by atoms with Crippen molar-refractivity contribution in [2.75, 3.05) is 0 Å². The summed E-state index contributed by atoms with van der Waals surface area (Å²) < 4.78 is 1.17. The Bertz CT molecular complexity index is 519. The zero-order valence-corrected chi connectivity index (χ0v) is 13.9. The first-order chi connectivity index (χ1) is 10.1. The zero-order valence-electron chi connectivity index (χ0n) is 12.3. The Balaban J connectivity index is 1.76. The SMILES string of the molecule is CC(c1ccccc1Br)N1C2CCC1CC(CC(=O)O)C2. The number of halogens is 1. The Morgan fingerprint density at radius 2 is 1.95 bits per heavy atom. The maximum absolute atomic E-state index is 11.0. The molecule has 0 aliphatic carbocycles. The van der Waals surface area contributed by atoms with E-state index < -0.39 is 5.97 Å². The van der Waals surface area contributed by atoms with Gasteiger partial charge in [-0.2, -0.15) is 0 Å². The van der Waals surface area contributed by atoms with Gasteiger partial charge < -0.3 is 5.11 Å². The topological polar surface area (TPSA) is 40.5 Å². The highest BCUT2D eigenvalue weighted by Gasteiger charge is 2.43. The third-order valence-electron chi connectivity index (χ3n) is 5.15. The Hall–Kier alpha value is -0.870. The van der Waals surface area contributed by atoms with Crippen molar-refractivity contribution < 1.29 is 9.90 Å². The molecule has 3 nitrogen and oxygen atoms in total. The fraction of sp³-hybridized carbons (Fsp3) is 0.588. The first-order valence-corrected chi connectivity index (χ1v) is 8.59. The molecule has 4 heteroatoms. The van der Waals surface area contributed by atoms with Crippen molar-refractivity contribution in [2.24, 2.45) is 5.92 Å². The van der Waals surface area contributed by atoms with Gasteiger partial charge in [0.15, 0.2) is 0 Å². The lowest BCUT2D eigenvalue weighted by Gasteiger charge is -2.42. The van der Waals surface area contributed by atoms with Crippen molar-refractivity contribution in [3.63, 3.8) is 0 Å². The number of benzene rings is 1. The molecule has 1 N–H and O–H groups in total. The van der Waals surface area contributed by atoms with Gasteiger partial charge in [-0.05, 0) is 50.2 Å². The number of nitrogens with zero attached hydrogens (tertiary/aromatic N) is 1. The molecule has 3 unspecified atom stereocenters. The second-order valence-electron chi connectivity index (χ2n) is 6.46. The zero-order chi connectivity index (χ0) is 15.0. The maximum atomic E-state index is 11.0. The van der Waals surface area contributed by atoms with E-state index in [1.165, 1.54) is 22.9 Å². The van der Waals surface area contributed by atoms with E-state index in [0.29, 0.717) is 30.5 Å². The van der Waals surface area contributed by atoms with Crippen LogP contribution in [0.1, 0.15) is 50.6 Å². The van der Waals surface area contributed by atoms with Crippen LogP contribution in [0, 0.1) is 5.92 Å². The molecular weight excluding hydrogens is 330 g/mol. The average Bonchev–Trinajstić information content (AvgIpc) is 2.69. The molecule has 1 aromatic carbocycles. The quantitative estimate of drug-likeness (QED) is 0.882. The minimum atomic E-state index is -0.647. The molecule has 1 aromatic rings. The third-order valence-corrected chi connectivity index (χ3v) is 5.88. The van der Waals surface area contributed by atoms with E-state index in [-0.39, 0.29) is 0 Å². The number of fused-ring (bicyclic) bond motifs is 2. The van der Waals surface area contributed by atoms with Crippen molar-refractivity contribution in [1.82, 2.24) is 4.90 Å². The number of hydrogen-bond donors (Lipinski definition) is 1. The molecule has 2 aliphatic heterocycles. The Kier molecular flexibility index (Phi) is 4.36. The summed E-state index contributed by atoms with van der Waals surface area (Å²) in [5.74, 6) is -0.283. The van der Waals surface area contributed by atoms with Gasteiger partial charge in [-0.25, -0.2) is 0 Å². The lowest BCUT2D eigenvalue weighted by Crippen LogP contribution is -2.44. The van der Waals surface area contributed by atoms with Gasteiger partial charge in [0.05, 0.1) is 0 Å². The monoisotopic (exact) mass is 351 g/mol. The van der Waals surface area contributed by atoms with E-state index in [1.54, 1.807) is 0 Å². The standard InChI is InChI=1S/C17H22BrNO2/c1-11(15-4-2-3-5-16(15)18)19-13-6-7-14(19)9-12(8-13)10-17(20)21/h2-5,11-14H,6-10H2,1H3,(H,20,21). The molecule has 3 rings (SSSR count). The van der Waals surface area contributed by atoms with Gasteiger partial charge in [0.25, 0.3) is 0 Å². The van der Waals surface area contributed by atoms with Crippen LogP contribution in [-0.4, -0.2) is 28.1 Å². The molecule has 2 saturated heterocycles.